The van der Waals surface area contributed by atoms with E-state index in [4.69, 9.17) is 4.74 Å². The highest BCUT2D eigenvalue weighted by Crippen LogP contribution is 2.16. The third-order valence-electron chi connectivity index (χ3n) is 4.19. The standard InChI is InChI=1S/C21H29N3O5S2/c1-4-14-24(15-13-18-5-7-19(8-6-18)22-30(2,25)26)16-17-29-21-11-9-20(10-12-21)23-31(3,27)28/h4-12,22-23H,1,13-17H2,2-3H3. The molecule has 0 heterocycles. The van der Waals surface area contributed by atoms with E-state index in [0.29, 0.717) is 36.8 Å². The van der Waals surface area contributed by atoms with Crippen molar-refractivity contribution in [1.29, 1.82) is 0 Å². The second kappa shape index (κ2) is 11.2. The first-order chi connectivity index (χ1) is 14.5. The Morgan fingerprint density at radius 1 is 0.871 bits per heavy atom. The molecule has 0 atom stereocenters. The molecule has 0 bridgehead atoms. The Morgan fingerprint density at radius 2 is 1.39 bits per heavy atom. The van der Waals surface area contributed by atoms with Crippen LogP contribution in [0.15, 0.2) is 61.2 Å². The van der Waals surface area contributed by atoms with E-state index in [2.05, 4.69) is 20.9 Å². The molecule has 0 radical (unpaired) electrons. The van der Waals surface area contributed by atoms with E-state index in [1.807, 2.05) is 18.2 Å². The van der Waals surface area contributed by atoms with Gasteiger partial charge in [-0.1, -0.05) is 18.2 Å². The fraction of sp³-hybridized carbons (Fsp3) is 0.333. The second-order valence-electron chi connectivity index (χ2n) is 7.16. The lowest BCUT2D eigenvalue weighted by atomic mass is 10.1. The smallest absolute Gasteiger partial charge is 0.229 e. The fourth-order valence-electron chi connectivity index (χ4n) is 2.84. The third kappa shape index (κ3) is 10.3. The largest absolute Gasteiger partial charge is 0.492 e. The molecule has 2 N–H and O–H groups in total. The number of nitrogens with one attached hydrogen (secondary N) is 2. The molecule has 2 rings (SSSR count). The number of anilines is 2. The van der Waals surface area contributed by atoms with Gasteiger partial charge in [0.15, 0.2) is 0 Å². The van der Waals surface area contributed by atoms with Crippen molar-refractivity contribution in [3.8, 4) is 5.75 Å². The lowest BCUT2D eigenvalue weighted by molar-refractivity contribution is 0.224. The van der Waals surface area contributed by atoms with Gasteiger partial charge in [0.25, 0.3) is 0 Å². The summed E-state index contributed by atoms with van der Waals surface area (Å²) in [4.78, 5) is 2.20. The van der Waals surface area contributed by atoms with Gasteiger partial charge in [0, 0.05) is 31.0 Å². The van der Waals surface area contributed by atoms with Crippen LogP contribution in [-0.2, 0) is 26.5 Å². The summed E-state index contributed by atoms with van der Waals surface area (Å²) in [5.74, 6) is 0.659. The molecule has 0 aliphatic heterocycles. The topological polar surface area (TPSA) is 105 Å². The molecule has 8 nitrogen and oxygen atoms in total. The van der Waals surface area contributed by atoms with Gasteiger partial charge in [-0.05, 0) is 48.4 Å². The molecule has 0 aromatic heterocycles. The molecular formula is C21H29N3O5S2. The van der Waals surface area contributed by atoms with Crippen molar-refractivity contribution in [3.05, 3.63) is 66.7 Å². The first-order valence-electron chi connectivity index (χ1n) is 9.65. The summed E-state index contributed by atoms with van der Waals surface area (Å²) in [6.07, 6.45) is 4.87. The molecular weight excluding hydrogens is 438 g/mol. The van der Waals surface area contributed by atoms with Gasteiger partial charge in [-0.3, -0.25) is 14.3 Å². The number of rotatable bonds is 13. The van der Waals surface area contributed by atoms with Crippen LogP contribution in [0.4, 0.5) is 11.4 Å². The number of ether oxygens (including phenoxy) is 1. The highest BCUT2D eigenvalue weighted by atomic mass is 32.2. The molecule has 2 aromatic rings. The van der Waals surface area contributed by atoms with Crippen LogP contribution in [0.1, 0.15) is 5.56 Å². The summed E-state index contributed by atoms with van der Waals surface area (Å²) in [6.45, 7) is 6.49. The normalized spacial score (nSPS) is 11.8. The molecule has 0 spiro atoms. The average Bonchev–Trinajstić information content (AvgIpc) is 2.66. The van der Waals surface area contributed by atoms with Crippen molar-refractivity contribution in [1.82, 2.24) is 4.90 Å². The molecule has 10 heteroatoms. The lowest BCUT2D eigenvalue weighted by Gasteiger charge is -2.21. The molecule has 0 aliphatic rings. The van der Waals surface area contributed by atoms with Gasteiger partial charge in [-0.25, -0.2) is 16.8 Å². The van der Waals surface area contributed by atoms with Crippen LogP contribution < -0.4 is 14.2 Å². The number of nitrogens with zero attached hydrogens (tertiary/aromatic N) is 1. The maximum absolute atomic E-state index is 11.3. The maximum Gasteiger partial charge on any atom is 0.229 e. The third-order valence-corrected chi connectivity index (χ3v) is 5.41. The van der Waals surface area contributed by atoms with Gasteiger partial charge in [-0.15, -0.1) is 6.58 Å². The van der Waals surface area contributed by atoms with Crippen LogP contribution in [0.3, 0.4) is 0 Å². The van der Waals surface area contributed by atoms with E-state index in [1.54, 1.807) is 36.4 Å². The van der Waals surface area contributed by atoms with Gasteiger partial charge >= 0.3 is 0 Å². The van der Waals surface area contributed by atoms with Crippen LogP contribution in [0, 0.1) is 0 Å². The van der Waals surface area contributed by atoms with Gasteiger partial charge < -0.3 is 4.74 Å². The summed E-state index contributed by atoms with van der Waals surface area (Å²) in [7, 11) is -6.58. The van der Waals surface area contributed by atoms with Crippen molar-refractivity contribution in [2.24, 2.45) is 0 Å². The molecule has 0 saturated heterocycles. The number of sulfonamides is 2. The summed E-state index contributed by atoms with van der Waals surface area (Å²) in [5.41, 5.74) is 2.13. The Balaban J connectivity index is 1.81. The zero-order valence-corrected chi connectivity index (χ0v) is 19.4. The summed E-state index contributed by atoms with van der Waals surface area (Å²) in [6, 6.07) is 14.1. The highest BCUT2D eigenvalue weighted by molar-refractivity contribution is 7.92. The van der Waals surface area contributed by atoms with Crippen molar-refractivity contribution >= 4 is 31.4 Å². The van der Waals surface area contributed by atoms with Crippen LogP contribution in [0.25, 0.3) is 0 Å². The Kier molecular flexibility index (Phi) is 8.90. The van der Waals surface area contributed by atoms with Gasteiger partial charge in [-0.2, -0.15) is 0 Å². The monoisotopic (exact) mass is 467 g/mol. The molecule has 0 amide bonds. The van der Waals surface area contributed by atoms with E-state index in [-0.39, 0.29) is 0 Å². The van der Waals surface area contributed by atoms with Crippen molar-refractivity contribution in [2.45, 2.75) is 6.42 Å². The number of hydrogen-bond acceptors (Lipinski definition) is 6. The highest BCUT2D eigenvalue weighted by Gasteiger charge is 2.07. The Bertz CT molecular complexity index is 1050. The molecule has 0 fully saturated rings. The Hall–Kier alpha value is -2.56. The van der Waals surface area contributed by atoms with E-state index in [9.17, 15) is 16.8 Å². The van der Waals surface area contributed by atoms with Crippen LogP contribution in [0.2, 0.25) is 0 Å². The van der Waals surface area contributed by atoms with Crippen molar-refractivity contribution < 1.29 is 21.6 Å². The summed E-state index contributed by atoms with van der Waals surface area (Å²) < 4.78 is 55.7. The quantitative estimate of drug-likeness (QED) is 0.439. The van der Waals surface area contributed by atoms with E-state index in [1.165, 1.54) is 0 Å². The van der Waals surface area contributed by atoms with E-state index in [0.717, 1.165) is 31.0 Å². The number of benzene rings is 2. The molecule has 0 unspecified atom stereocenters. The lowest BCUT2D eigenvalue weighted by Crippen LogP contribution is -2.30. The first-order valence-corrected chi connectivity index (χ1v) is 13.4. The van der Waals surface area contributed by atoms with E-state index < -0.39 is 20.0 Å². The summed E-state index contributed by atoms with van der Waals surface area (Å²) >= 11 is 0. The Morgan fingerprint density at radius 3 is 1.87 bits per heavy atom. The zero-order valence-electron chi connectivity index (χ0n) is 17.7. The average molecular weight is 468 g/mol. The second-order valence-corrected chi connectivity index (χ2v) is 10.7. The maximum atomic E-state index is 11.3. The molecule has 0 saturated carbocycles. The molecule has 0 aliphatic carbocycles. The predicted octanol–water partition coefficient (Wildman–Crippen LogP) is 2.54. The van der Waals surface area contributed by atoms with Crippen LogP contribution >= 0.6 is 0 Å². The van der Waals surface area contributed by atoms with Crippen LogP contribution in [0.5, 0.6) is 5.75 Å². The minimum atomic E-state index is -3.30. The van der Waals surface area contributed by atoms with Crippen LogP contribution in [-0.4, -0.2) is 60.5 Å². The Labute approximate surface area is 185 Å². The van der Waals surface area contributed by atoms with Crippen molar-refractivity contribution in [2.75, 3.05) is 48.2 Å². The SMILES string of the molecule is C=CCN(CCOc1ccc(NS(C)(=O)=O)cc1)CCc1ccc(NS(C)(=O)=O)cc1. The molecule has 31 heavy (non-hydrogen) atoms. The van der Waals surface area contributed by atoms with E-state index >= 15 is 0 Å². The zero-order chi connectivity index (χ0) is 22.9. The minimum absolute atomic E-state index is 0.476. The number of hydrogen-bond donors (Lipinski definition) is 2. The first kappa shape index (κ1) is 24.7. The predicted molar refractivity (Wildman–Crippen MR) is 126 cm³/mol. The summed E-state index contributed by atoms with van der Waals surface area (Å²) in [5, 5.41) is 0. The molecule has 170 valence electrons. The molecule has 2 aromatic carbocycles. The fourth-order valence-corrected chi connectivity index (χ4v) is 3.97. The van der Waals surface area contributed by atoms with Crippen molar-refractivity contribution in [3.63, 3.8) is 0 Å². The minimum Gasteiger partial charge on any atom is -0.492 e. The van der Waals surface area contributed by atoms with Gasteiger partial charge in [0.2, 0.25) is 20.0 Å². The van der Waals surface area contributed by atoms with Gasteiger partial charge in [0.05, 0.1) is 12.5 Å². The van der Waals surface area contributed by atoms with Gasteiger partial charge in [0.1, 0.15) is 12.4 Å².